The summed E-state index contributed by atoms with van der Waals surface area (Å²) in [6.45, 7) is 0. The fourth-order valence-corrected chi connectivity index (χ4v) is 11.2. The Morgan fingerprint density at radius 3 is 1.25 bits per heavy atom. The highest BCUT2D eigenvalue weighted by atomic mass is 32.1. The SMILES string of the molecule is c1csc(-c2c3ccccc3c(-c3ccc4c(c3)sc3cccc(-c5c6ccccc6c(-c6cccs6)c6ccccc56)c34)c3ccccc23)c1. The van der Waals surface area contributed by atoms with Crippen molar-refractivity contribution in [3.8, 4) is 43.1 Å². The Kier molecular flexibility index (Phi) is 6.57. The van der Waals surface area contributed by atoms with Crippen LogP contribution in [0.2, 0.25) is 0 Å². The highest BCUT2D eigenvalue weighted by molar-refractivity contribution is 7.26. The highest BCUT2D eigenvalue weighted by Gasteiger charge is 2.21. The van der Waals surface area contributed by atoms with Gasteiger partial charge in [-0.2, -0.15) is 0 Å². The van der Waals surface area contributed by atoms with Crippen molar-refractivity contribution >= 4 is 97.3 Å². The maximum absolute atomic E-state index is 2.44. The van der Waals surface area contributed by atoms with E-state index in [0.717, 1.165) is 0 Å². The molecule has 0 saturated heterocycles. The van der Waals surface area contributed by atoms with Gasteiger partial charge < -0.3 is 0 Å². The molecule has 0 saturated carbocycles. The fraction of sp³-hybridized carbons (Fsp3) is 0. The van der Waals surface area contributed by atoms with E-state index in [2.05, 4.69) is 168 Å². The second-order valence-electron chi connectivity index (χ2n) is 13.1. The molecule has 0 aliphatic rings. The van der Waals surface area contributed by atoms with Gasteiger partial charge in [0.15, 0.2) is 0 Å². The first kappa shape index (κ1) is 29.2. The second kappa shape index (κ2) is 11.5. The molecule has 0 unspecified atom stereocenters. The zero-order valence-corrected chi connectivity index (χ0v) is 29.8. The molecule has 8 aromatic carbocycles. The molecule has 51 heavy (non-hydrogen) atoms. The van der Waals surface area contributed by atoms with Crippen LogP contribution in [0.4, 0.5) is 0 Å². The smallest absolute Gasteiger partial charge is 0.0361 e. The molecule has 0 fully saturated rings. The summed E-state index contributed by atoms with van der Waals surface area (Å²) in [4.78, 5) is 2.62. The Balaban J connectivity index is 1.19. The minimum Gasteiger partial charge on any atom is -0.144 e. The summed E-state index contributed by atoms with van der Waals surface area (Å²) in [5.74, 6) is 0. The first-order chi connectivity index (χ1) is 25.3. The molecule has 0 nitrogen and oxygen atoms in total. The molecule has 0 amide bonds. The topological polar surface area (TPSA) is 0 Å². The third kappa shape index (κ3) is 4.36. The summed E-state index contributed by atoms with van der Waals surface area (Å²) in [7, 11) is 0. The van der Waals surface area contributed by atoms with Crippen LogP contribution in [0.5, 0.6) is 0 Å². The maximum Gasteiger partial charge on any atom is 0.0361 e. The lowest BCUT2D eigenvalue weighted by atomic mass is 9.86. The lowest BCUT2D eigenvalue weighted by Crippen LogP contribution is -1.90. The fourth-order valence-electron chi connectivity index (χ4n) is 8.42. The molecule has 0 radical (unpaired) electrons. The Labute approximate surface area is 307 Å². The molecule has 0 atom stereocenters. The van der Waals surface area contributed by atoms with E-state index in [-0.39, 0.29) is 0 Å². The zero-order chi connectivity index (χ0) is 33.5. The number of thiophene rings is 3. The number of rotatable bonds is 4. The van der Waals surface area contributed by atoms with Gasteiger partial charge in [0.2, 0.25) is 0 Å². The van der Waals surface area contributed by atoms with Crippen LogP contribution >= 0.6 is 34.0 Å². The molecule has 3 aromatic heterocycles. The van der Waals surface area contributed by atoms with Gasteiger partial charge in [-0.15, -0.1) is 34.0 Å². The molecule has 0 aliphatic heterocycles. The maximum atomic E-state index is 2.44. The van der Waals surface area contributed by atoms with Crippen molar-refractivity contribution in [2.24, 2.45) is 0 Å². The van der Waals surface area contributed by atoms with Crippen LogP contribution in [0, 0.1) is 0 Å². The minimum absolute atomic E-state index is 1.26. The Hall–Kier alpha value is -5.58. The Morgan fingerprint density at radius 1 is 0.314 bits per heavy atom. The summed E-state index contributed by atoms with van der Waals surface area (Å²) >= 11 is 5.54. The lowest BCUT2D eigenvalue weighted by Gasteiger charge is -2.18. The van der Waals surface area contributed by atoms with Gasteiger partial charge >= 0.3 is 0 Å². The van der Waals surface area contributed by atoms with E-state index in [1.54, 1.807) is 0 Å². The first-order valence-corrected chi connectivity index (χ1v) is 19.8. The lowest BCUT2D eigenvalue weighted by molar-refractivity contribution is 1.71. The van der Waals surface area contributed by atoms with Crippen LogP contribution in [0.1, 0.15) is 0 Å². The van der Waals surface area contributed by atoms with Gasteiger partial charge in [0.05, 0.1) is 0 Å². The van der Waals surface area contributed by atoms with Gasteiger partial charge in [0.1, 0.15) is 0 Å². The van der Waals surface area contributed by atoms with Crippen molar-refractivity contribution in [3.63, 3.8) is 0 Å². The van der Waals surface area contributed by atoms with Crippen molar-refractivity contribution in [3.05, 3.63) is 168 Å². The van der Waals surface area contributed by atoms with Crippen molar-refractivity contribution in [1.29, 1.82) is 0 Å². The third-order valence-electron chi connectivity index (χ3n) is 10.5. The summed E-state index contributed by atoms with van der Waals surface area (Å²) in [6.07, 6.45) is 0. The van der Waals surface area contributed by atoms with Gasteiger partial charge in [-0.3, -0.25) is 0 Å². The molecule has 3 heteroatoms. The number of hydrogen-bond acceptors (Lipinski definition) is 3. The van der Waals surface area contributed by atoms with Crippen molar-refractivity contribution in [2.45, 2.75) is 0 Å². The molecular formula is C48H28S3. The molecule has 11 aromatic rings. The van der Waals surface area contributed by atoms with Crippen LogP contribution in [0.25, 0.3) is 106 Å². The Morgan fingerprint density at radius 2 is 0.784 bits per heavy atom. The van der Waals surface area contributed by atoms with Crippen LogP contribution in [0.15, 0.2) is 168 Å². The molecule has 3 heterocycles. The normalized spacial score (nSPS) is 11.9. The van der Waals surface area contributed by atoms with E-state index in [9.17, 15) is 0 Å². The van der Waals surface area contributed by atoms with Crippen molar-refractivity contribution in [1.82, 2.24) is 0 Å². The largest absolute Gasteiger partial charge is 0.144 e. The van der Waals surface area contributed by atoms with E-state index in [1.807, 2.05) is 34.0 Å². The summed E-state index contributed by atoms with van der Waals surface area (Å²) in [6, 6.07) is 58.8. The predicted molar refractivity (Wildman–Crippen MR) is 227 cm³/mol. The van der Waals surface area contributed by atoms with Crippen molar-refractivity contribution in [2.75, 3.05) is 0 Å². The standard InChI is InChI=1S/C48H28S3/c1-5-16-34-30(12-1)44(31-13-2-6-17-35(31)46(34)40-22-10-26-49-40)29-24-25-38-43(28-29)51-42-21-9-20-39(48(38)42)45-32-14-3-7-18-36(32)47(41-23-11-27-50-41)37-19-8-4-15-33(37)45/h1-28H. The van der Waals surface area contributed by atoms with Gasteiger partial charge in [-0.05, 0) is 100 Å². The third-order valence-corrected chi connectivity index (χ3v) is 13.3. The van der Waals surface area contributed by atoms with E-state index < -0.39 is 0 Å². The van der Waals surface area contributed by atoms with Gasteiger partial charge in [0.25, 0.3) is 0 Å². The highest BCUT2D eigenvalue weighted by Crippen LogP contribution is 2.50. The van der Waals surface area contributed by atoms with Crippen LogP contribution in [0.3, 0.4) is 0 Å². The molecule has 0 N–H and O–H groups in total. The van der Waals surface area contributed by atoms with E-state index >= 15 is 0 Å². The summed E-state index contributed by atoms with van der Waals surface area (Å²) in [5.41, 5.74) is 7.85. The molecule has 0 bridgehead atoms. The van der Waals surface area contributed by atoms with Gasteiger partial charge in [-0.25, -0.2) is 0 Å². The van der Waals surface area contributed by atoms with Crippen LogP contribution in [-0.2, 0) is 0 Å². The molecule has 11 rings (SSSR count). The van der Waals surface area contributed by atoms with Gasteiger partial charge in [0, 0.05) is 41.1 Å². The average molecular weight is 701 g/mol. The molecule has 0 spiro atoms. The molecule has 0 aliphatic carbocycles. The average Bonchev–Trinajstić information content (AvgIpc) is 3.98. The quantitative estimate of drug-likeness (QED) is 0.160. The first-order valence-electron chi connectivity index (χ1n) is 17.2. The number of fused-ring (bicyclic) bond motifs is 7. The summed E-state index contributed by atoms with van der Waals surface area (Å²) < 4.78 is 2.63. The van der Waals surface area contributed by atoms with Gasteiger partial charge in [-0.1, -0.05) is 133 Å². The number of benzene rings is 8. The predicted octanol–water partition coefficient (Wildman–Crippen LogP) is 15.5. The Bertz CT molecular complexity index is 3010. The summed E-state index contributed by atoms with van der Waals surface area (Å²) in [5, 5.41) is 17.4. The van der Waals surface area contributed by atoms with Crippen molar-refractivity contribution < 1.29 is 0 Å². The van der Waals surface area contributed by atoms with E-state index in [1.165, 1.54) is 106 Å². The van der Waals surface area contributed by atoms with E-state index in [0.29, 0.717) is 0 Å². The number of hydrogen-bond donors (Lipinski definition) is 0. The second-order valence-corrected chi connectivity index (χ2v) is 16.1. The molecule has 238 valence electrons. The van der Waals surface area contributed by atoms with Crippen LogP contribution in [-0.4, -0.2) is 0 Å². The van der Waals surface area contributed by atoms with Crippen LogP contribution < -0.4 is 0 Å². The molecular weight excluding hydrogens is 673 g/mol. The zero-order valence-electron chi connectivity index (χ0n) is 27.4. The minimum atomic E-state index is 1.26. The van der Waals surface area contributed by atoms with E-state index in [4.69, 9.17) is 0 Å². The monoisotopic (exact) mass is 700 g/mol.